The summed E-state index contributed by atoms with van der Waals surface area (Å²) in [6.07, 6.45) is 2.09. The number of hydrogen-bond donors (Lipinski definition) is 1. The number of ether oxygens (including phenoxy) is 1. The first-order chi connectivity index (χ1) is 16.5. The molecule has 0 radical (unpaired) electrons. The third-order valence-corrected chi connectivity index (χ3v) is 5.38. The summed E-state index contributed by atoms with van der Waals surface area (Å²) in [6, 6.07) is 21.4. The van der Waals surface area contributed by atoms with Gasteiger partial charge in [-0.1, -0.05) is 54.6 Å². The van der Waals surface area contributed by atoms with Crippen molar-refractivity contribution in [3.63, 3.8) is 0 Å². The number of amides is 3. The average Bonchev–Trinajstić information content (AvgIpc) is 3.09. The summed E-state index contributed by atoms with van der Waals surface area (Å²) >= 11 is 0. The van der Waals surface area contributed by atoms with Crippen LogP contribution in [0.25, 0.3) is 0 Å². The second kappa shape index (κ2) is 9.95. The fourth-order valence-electron chi connectivity index (χ4n) is 3.73. The molecular formula is C27H22N2O5. The van der Waals surface area contributed by atoms with E-state index in [0.29, 0.717) is 12.1 Å². The number of anilines is 1. The quantitative estimate of drug-likeness (QED) is 0.317. The van der Waals surface area contributed by atoms with Crippen molar-refractivity contribution < 1.29 is 23.9 Å². The molecule has 1 aliphatic rings. The van der Waals surface area contributed by atoms with Crippen LogP contribution in [-0.4, -0.2) is 41.7 Å². The molecule has 0 unspecified atom stereocenters. The number of carbonyl (C=O) groups excluding carboxylic acids is 4. The van der Waals surface area contributed by atoms with Crippen molar-refractivity contribution in [1.82, 2.24) is 4.90 Å². The van der Waals surface area contributed by atoms with Crippen molar-refractivity contribution in [2.45, 2.75) is 6.42 Å². The molecule has 3 aromatic rings. The third kappa shape index (κ3) is 4.78. The number of nitrogens with one attached hydrogen (secondary N) is 1. The van der Waals surface area contributed by atoms with Crippen LogP contribution in [0.5, 0.6) is 0 Å². The van der Waals surface area contributed by atoms with Crippen LogP contribution in [0, 0.1) is 0 Å². The van der Waals surface area contributed by atoms with E-state index in [1.54, 1.807) is 6.07 Å². The Morgan fingerprint density at radius 2 is 1.62 bits per heavy atom. The maximum Gasteiger partial charge on any atom is 0.338 e. The molecule has 0 saturated carbocycles. The van der Waals surface area contributed by atoms with Gasteiger partial charge in [0.1, 0.15) is 0 Å². The summed E-state index contributed by atoms with van der Waals surface area (Å²) in [6.45, 7) is 3.13. The van der Waals surface area contributed by atoms with Gasteiger partial charge in [-0.15, -0.1) is 6.58 Å². The van der Waals surface area contributed by atoms with Crippen molar-refractivity contribution in [2.75, 3.05) is 18.5 Å². The number of hydrogen-bond acceptors (Lipinski definition) is 5. The van der Waals surface area contributed by atoms with E-state index in [-0.39, 0.29) is 23.2 Å². The first kappa shape index (κ1) is 22.7. The third-order valence-electron chi connectivity index (χ3n) is 5.38. The second-order valence-corrected chi connectivity index (χ2v) is 7.71. The number of benzene rings is 3. The Morgan fingerprint density at radius 1 is 0.912 bits per heavy atom. The Kier molecular flexibility index (Phi) is 6.64. The molecule has 170 valence electrons. The summed E-state index contributed by atoms with van der Waals surface area (Å²) in [5, 5.41) is 2.78. The average molecular weight is 454 g/mol. The van der Waals surface area contributed by atoms with Gasteiger partial charge in [-0.3, -0.25) is 19.3 Å². The van der Waals surface area contributed by atoms with Crippen molar-refractivity contribution in [3.05, 3.63) is 113 Å². The van der Waals surface area contributed by atoms with Crippen molar-refractivity contribution in [3.8, 4) is 0 Å². The molecule has 1 N–H and O–H groups in total. The van der Waals surface area contributed by atoms with E-state index in [9.17, 15) is 19.2 Å². The zero-order chi connectivity index (χ0) is 24.1. The van der Waals surface area contributed by atoms with E-state index in [0.717, 1.165) is 16.0 Å². The van der Waals surface area contributed by atoms with Crippen LogP contribution < -0.4 is 5.32 Å². The molecule has 7 heteroatoms. The smallest absolute Gasteiger partial charge is 0.338 e. The standard InChI is InChI=1S/C27H22N2O5/c1-2-14-29-25(31)21-13-12-20(16-22(21)26(29)32)27(33)34-17-24(30)28-23-11-7-6-10-19(23)15-18-8-4-3-5-9-18/h2-13,16H,1,14-15,17H2,(H,28,30). The van der Waals surface area contributed by atoms with Gasteiger partial charge in [0.15, 0.2) is 6.61 Å². The Labute approximate surface area is 196 Å². The number of imide groups is 1. The number of carbonyl (C=O) groups is 4. The molecule has 0 bridgehead atoms. The van der Waals surface area contributed by atoms with Crippen LogP contribution in [-0.2, 0) is 16.0 Å². The van der Waals surface area contributed by atoms with E-state index in [1.807, 2.05) is 48.5 Å². The van der Waals surface area contributed by atoms with Crippen molar-refractivity contribution >= 4 is 29.4 Å². The first-order valence-corrected chi connectivity index (χ1v) is 10.7. The Balaban J connectivity index is 1.39. The molecule has 3 aromatic carbocycles. The van der Waals surface area contributed by atoms with E-state index in [1.165, 1.54) is 24.3 Å². The molecule has 0 spiro atoms. The highest BCUT2D eigenvalue weighted by atomic mass is 16.5. The summed E-state index contributed by atoms with van der Waals surface area (Å²) in [5.41, 5.74) is 3.09. The van der Waals surface area contributed by atoms with Gasteiger partial charge in [-0.05, 0) is 41.8 Å². The number of rotatable bonds is 8. The number of fused-ring (bicyclic) bond motifs is 1. The first-order valence-electron chi connectivity index (χ1n) is 10.7. The highest BCUT2D eigenvalue weighted by Crippen LogP contribution is 2.24. The van der Waals surface area contributed by atoms with Crippen LogP contribution in [0.4, 0.5) is 5.69 Å². The SMILES string of the molecule is C=CCN1C(=O)c2ccc(C(=O)OCC(=O)Nc3ccccc3Cc3ccccc3)cc2C1=O. The largest absolute Gasteiger partial charge is 0.452 e. The molecule has 0 saturated heterocycles. The van der Waals surface area contributed by atoms with Gasteiger partial charge in [0.25, 0.3) is 17.7 Å². The van der Waals surface area contributed by atoms with Gasteiger partial charge in [0, 0.05) is 12.2 Å². The van der Waals surface area contributed by atoms with Crippen LogP contribution in [0.15, 0.2) is 85.5 Å². The molecule has 1 aliphatic heterocycles. The molecule has 0 aliphatic carbocycles. The lowest BCUT2D eigenvalue weighted by Gasteiger charge is -2.12. The van der Waals surface area contributed by atoms with Crippen LogP contribution in [0.3, 0.4) is 0 Å². The summed E-state index contributed by atoms with van der Waals surface area (Å²) < 4.78 is 5.14. The fraction of sp³-hybridized carbons (Fsp3) is 0.111. The minimum absolute atomic E-state index is 0.0811. The zero-order valence-corrected chi connectivity index (χ0v) is 18.3. The van der Waals surface area contributed by atoms with E-state index < -0.39 is 30.3 Å². The molecule has 4 rings (SSSR count). The predicted molar refractivity (Wildman–Crippen MR) is 127 cm³/mol. The highest BCUT2D eigenvalue weighted by molar-refractivity contribution is 6.22. The summed E-state index contributed by atoms with van der Waals surface area (Å²) in [4.78, 5) is 50.7. The van der Waals surface area contributed by atoms with Crippen LogP contribution in [0.2, 0.25) is 0 Å². The lowest BCUT2D eigenvalue weighted by atomic mass is 10.0. The molecular weight excluding hydrogens is 432 g/mol. The maximum absolute atomic E-state index is 12.5. The Morgan fingerprint density at radius 3 is 2.38 bits per heavy atom. The molecule has 0 atom stereocenters. The van der Waals surface area contributed by atoms with Crippen molar-refractivity contribution in [2.24, 2.45) is 0 Å². The fourth-order valence-corrected chi connectivity index (χ4v) is 3.73. The summed E-state index contributed by atoms with van der Waals surface area (Å²) in [7, 11) is 0. The van der Waals surface area contributed by atoms with Gasteiger partial charge >= 0.3 is 5.97 Å². The number of nitrogens with zero attached hydrogens (tertiary/aromatic N) is 1. The van der Waals surface area contributed by atoms with Gasteiger partial charge < -0.3 is 10.1 Å². The number of para-hydroxylation sites is 1. The lowest BCUT2D eigenvalue weighted by molar-refractivity contribution is -0.119. The molecule has 1 heterocycles. The van der Waals surface area contributed by atoms with E-state index >= 15 is 0 Å². The highest BCUT2D eigenvalue weighted by Gasteiger charge is 2.35. The molecule has 0 fully saturated rings. The van der Waals surface area contributed by atoms with E-state index in [4.69, 9.17) is 4.74 Å². The topological polar surface area (TPSA) is 92.8 Å². The lowest BCUT2D eigenvalue weighted by Crippen LogP contribution is -2.29. The molecule has 3 amide bonds. The molecule has 34 heavy (non-hydrogen) atoms. The van der Waals surface area contributed by atoms with Crippen molar-refractivity contribution in [1.29, 1.82) is 0 Å². The van der Waals surface area contributed by atoms with Gasteiger partial charge in [0.05, 0.1) is 16.7 Å². The Hall–Kier alpha value is -4.52. The predicted octanol–water partition coefficient (Wildman–Crippen LogP) is 3.85. The zero-order valence-electron chi connectivity index (χ0n) is 18.3. The monoisotopic (exact) mass is 454 g/mol. The normalized spacial score (nSPS) is 12.3. The summed E-state index contributed by atoms with van der Waals surface area (Å²) in [5.74, 6) is -2.19. The van der Waals surface area contributed by atoms with Crippen LogP contribution in [0.1, 0.15) is 42.2 Å². The second-order valence-electron chi connectivity index (χ2n) is 7.71. The molecule has 7 nitrogen and oxygen atoms in total. The Bertz CT molecular complexity index is 1280. The van der Waals surface area contributed by atoms with Gasteiger partial charge in [-0.25, -0.2) is 4.79 Å². The molecule has 0 aromatic heterocycles. The maximum atomic E-state index is 12.5. The number of esters is 1. The minimum Gasteiger partial charge on any atom is -0.452 e. The minimum atomic E-state index is -0.766. The van der Waals surface area contributed by atoms with Gasteiger partial charge in [-0.2, -0.15) is 0 Å². The van der Waals surface area contributed by atoms with E-state index in [2.05, 4.69) is 11.9 Å². The van der Waals surface area contributed by atoms with Crippen LogP contribution >= 0.6 is 0 Å². The van der Waals surface area contributed by atoms with Gasteiger partial charge in [0.2, 0.25) is 0 Å².